The summed E-state index contributed by atoms with van der Waals surface area (Å²) >= 11 is 0. The number of benzene rings is 1. The first kappa shape index (κ1) is 14.2. The molecule has 0 aliphatic heterocycles. The molecule has 3 rings (SSSR count). The first-order chi connectivity index (χ1) is 10.2. The lowest BCUT2D eigenvalue weighted by Gasteiger charge is -2.30. The molecule has 2 unspecified atom stereocenters. The Labute approximate surface area is 126 Å². The van der Waals surface area contributed by atoms with E-state index in [0.29, 0.717) is 6.04 Å². The van der Waals surface area contributed by atoms with Gasteiger partial charge in [-0.2, -0.15) is 0 Å². The number of rotatable bonds is 4. The summed E-state index contributed by atoms with van der Waals surface area (Å²) in [6.07, 6.45) is 7.82. The second-order valence-corrected chi connectivity index (χ2v) is 6.30. The largest absolute Gasteiger partial charge is 0.453 e. The molecule has 4 heteroatoms. The van der Waals surface area contributed by atoms with Crippen LogP contribution in [0.15, 0.2) is 24.3 Å². The van der Waals surface area contributed by atoms with Gasteiger partial charge in [0.2, 0.25) is 0 Å². The molecule has 1 aromatic rings. The van der Waals surface area contributed by atoms with E-state index in [0.717, 1.165) is 23.2 Å². The van der Waals surface area contributed by atoms with Crippen LogP contribution < -0.4 is 10.6 Å². The molecule has 2 saturated carbocycles. The van der Waals surface area contributed by atoms with Crippen LogP contribution in [0, 0.1) is 11.8 Å². The quantitative estimate of drug-likeness (QED) is 0.871. The predicted molar refractivity (Wildman–Crippen MR) is 84.6 cm³/mol. The van der Waals surface area contributed by atoms with E-state index >= 15 is 0 Å². The molecule has 2 atom stereocenters. The molecule has 2 aliphatic rings. The second kappa shape index (κ2) is 6.37. The maximum absolute atomic E-state index is 11.1. The molecular weight excluding hydrogens is 264 g/mol. The van der Waals surface area contributed by atoms with Crippen molar-refractivity contribution in [1.82, 2.24) is 0 Å². The van der Waals surface area contributed by atoms with Crippen LogP contribution in [-0.4, -0.2) is 19.2 Å². The van der Waals surface area contributed by atoms with Crippen molar-refractivity contribution in [2.75, 3.05) is 17.7 Å². The molecule has 1 aromatic carbocycles. The number of amides is 1. The summed E-state index contributed by atoms with van der Waals surface area (Å²) in [5.41, 5.74) is 1.89. The van der Waals surface area contributed by atoms with E-state index in [1.54, 1.807) is 0 Å². The van der Waals surface area contributed by atoms with Crippen LogP contribution in [0.25, 0.3) is 0 Å². The molecule has 2 N–H and O–H groups in total. The molecule has 0 radical (unpaired) electrons. The second-order valence-electron chi connectivity index (χ2n) is 6.30. The third-order valence-electron chi connectivity index (χ3n) is 4.69. The van der Waals surface area contributed by atoms with Crippen molar-refractivity contribution in [1.29, 1.82) is 0 Å². The molecule has 0 heterocycles. The number of ether oxygens (including phenoxy) is 1. The predicted octanol–water partition coefficient (Wildman–Crippen LogP) is 4.25. The summed E-state index contributed by atoms with van der Waals surface area (Å²) in [6, 6.07) is 8.45. The van der Waals surface area contributed by atoms with E-state index < -0.39 is 6.09 Å². The summed E-state index contributed by atoms with van der Waals surface area (Å²) < 4.78 is 4.58. The van der Waals surface area contributed by atoms with Crippen molar-refractivity contribution in [3.05, 3.63) is 24.3 Å². The van der Waals surface area contributed by atoms with Gasteiger partial charge in [0, 0.05) is 17.4 Å². The fourth-order valence-corrected chi connectivity index (χ4v) is 3.41. The average Bonchev–Trinajstić information content (AvgIpc) is 3.34. The topological polar surface area (TPSA) is 50.4 Å². The fraction of sp³-hybridized carbons (Fsp3) is 0.588. The Morgan fingerprint density at radius 3 is 2.43 bits per heavy atom. The van der Waals surface area contributed by atoms with Crippen molar-refractivity contribution in [3.63, 3.8) is 0 Å². The highest BCUT2D eigenvalue weighted by atomic mass is 16.5. The van der Waals surface area contributed by atoms with Gasteiger partial charge in [0.1, 0.15) is 0 Å². The normalized spacial score (nSPS) is 25.2. The van der Waals surface area contributed by atoms with E-state index in [1.165, 1.54) is 45.6 Å². The highest BCUT2D eigenvalue weighted by Gasteiger charge is 2.34. The minimum Gasteiger partial charge on any atom is -0.453 e. The lowest BCUT2D eigenvalue weighted by molar-refractivity contribution is 0.187. The Balaban J connectivity index is 1.53. The standard InChI is InChI=1S/C17H24N2O2/c1-21-17(20)19-15-9-7-14(8-10-15)18-16-4-2-3-13(11-16)12-5-6-12/h7-10,12-13,16,18H,2-6,11H2,1H3,(H,19,20). The van der Waals surface area contributed by atoms with E-state index in [-0.39, 0.29) is 0 Å². The number of methoxy groups -OCH3 is 1. The Morgan fingerprint density at radius 1 is 1.05 bits per heavy atom. The van der Waals surface area contributed by atoms with Gasteiger partial charge < -0.3 is 10.1 Å². The van der Waals surface area contributed by atoms with E-state index in [1.807, 2.05) is 24.3 Å². The van der Waals surface area contributed by atoms with Crippen molar-refractivity contribution >= 4 is 17.5 Å². The third-order valence-corrected chi connectivity index (χ3v) is 4.69. The number of nitrogens with one attached hydrogen (secondary N) is 2. The van der Waals surface area contributed by atoms with Crippen LogP contribution >= 0.6 is 0 Å². The zero-order valence-corrected chi connectivity index (χ0v) is 12.6. The number of carbonyl (C=O) groups is 1. The van der Waals surface area contributed by atoms with Gasteiger partial charge in [-0.25, -0.2) is 4.79 Å². The molecule has 0 aromatic heterocycles. The maximum atomic E-state index is 11.1. The SMILES string of the molecule is COC(=O)Nc1ccc(NC2CCCC(C3CC3)C2)cc1. The van der Waals surface area contributed by atoms with Crippen molar-refractivity contribution in [2.45, 2.75) is 44.6 Å². The smallest absolute Gasteiger partial charge is 0.411 e. The average molecular weight is 288 g/mol. The Kier molecular flexibility index (Phi) is 4.32. The van der Waals surface area contributed by atoms with Gasteiger partial charge in [-0.3, -0.25) is 5.32 Å². The number of hydrogen-bond donors (Lipinski definition) is 2. The van der Waals surface area contributed by atoms with Crippen molar-refractivity contribution in [2.24, 2.45) is 11.8 Å². The van der Waals surface area contributed by atoms with Crippen LogP contribution in [0.1, 0.15) is 38.5 Å². The molecule has 0 spiro atoms. The fourth-order valence-electron chi connectivity index (χ4n) is 3.41. The molecule has 4 nitrogen and oxygen atoms in total. The van der Waals surface area contributed by atoms with Gasteiger partial charge in [0.25, 0.3) is 0 Å². The molecule has 21 heavy (non-hydrogen) atoms. The Bertz CT molecular complexity index is 482. The molecular formula is C17H24N2O2. The van der Waals surface area contributed by atoms with Gasteiger partial charge in [0.05, 0.1) is 7.11 Å². The molecule has 0 saturated heterocycles. The Morgan fingerprint density at radius 2 is 1.76 bits per heavy atom. The molecule has 0 bridgehead atoms. The first-order valence-electron chi connectivity index (χ1n) is 7.96. The molecule has 1 amide bonds. The van der Waals surface area contributed by atoms with E-state index in [9.17, 15) is 4.79 Å². The molecule has 114 valence electrons. The maximum Gasteiger partial charge on any atom is 0.411 e. The van der Waals surface area contributed by atoms with Crippen LogP contribution in [0.4, 0.5) is 16.2 Å². The highest BCUT2D eigenvalue weighted by molar-refractivity contribution is 5.84. The van der Waals surface area contributed by atoms with Gasteiger partial charge >= 0.3 is 6.09 Å². The van der Waals surface area contributed by atoms with E-state index in [2.05, 4.69) is 15.4 Å². The minimum absolute atomic E-state index is 0.435. The summed E-state index contributed by atoms with van der Waals surface area (Å²) in [4.78, 5) is 11.1. The Hall–Kier alpha value is -1.71. The van der Waals surface area contributed by atoms with Crippen LogP contribution in [0.2, 0.25) is 0 Å². The zero-order chi connectivity index (χ0) is 14.7. The lowest BCUT2D eigenvalue weighted by Crippen LogP contribution is -2.28. The van der Waals surface area contributed by atoms with E-state index in [4.69, 9.17) is 0 Å². The minimum atomic E-state index is -0.435. The summed E-state index contributed by atoms with van der Waals surface area (Å²) in [5, 5.41) is 6.31. The van der Waals surface area contributed by atoms with Crippen LogP contribution in [-0.2, 0) is 4.74 Å². The van der Waals surface area contributed by atoms with Gasteiger partial charge in [-0.1, -0.05) is 12.8 Å². The van der Waals surface area contributed by atoms with Crippen LogP contribution in [0.5, 0.6) is 0 Å². The zero-order valence-electron chi connectivity index (χ0n) is 12.6. The van der Waals surface area contributed by atoms with Crippen molar-refractivity contribution in [3.8, 4) is 0 Å². The molecule has 2 fully saturated rings. The first-order valence-corrected chi connectivity index (χ1v) is 7.96. The van der Waals surface area contributed by atoms with Gasteiger partial charge in [0.15, 0.2) is 0 Å². The summed E-state index contributed by atoms with van der Waals surface area (Å²) in [6.45, 7) is 0. The lowest BCUT2D eigenvalue weighted by atomic mass is 9.82. The summed E-state index contributed by atoms with van der Waals surface area (Å²) in [5.74, 6) is 1.96. The third kappa shape index (κ3) is 3.90. The number of anilines is 2. The van der Waals surface area contributed by atoms with Gasteiger partial charge in [-0.05, 0) is 61.8 Å². The monoisotopic (exact) mass is 288 g/mol. The van der Waals surface area contributed by atoms with Crippen molar-refractivity contribution < 1.29 is 9.53 Å². The van der Waals surface area contributed by atoms with Crippen LogP contribution in [0.3, 0.4) is 0 Å². The number of carbonyl (C=O) groups excluding carboxylic acids is 1. The number of hydrogen-bond acceptors (Lipinski definition) is 3. The van der Waals surface area contributed by atoms with Gasteiger partial charge in [-0.15, -0.1) is 0 Å². The molecule has 2 aliphatic carbocycles. The summed E-state index contributed by atoms with van der Waals surface area (Å²) in [7, 11) is 1.37. The highest BCUT2D eigenvalue weighted by Crippen LogP contribution is 2.44.